The zero-order valence-corrected chi connectivity index (χ0v) is 17.9. The summed E-state index contributed by atoms with van der Waals surface area (Å²) in [5, 5.41) is 6.18. The maximum atomic E-state index is 13.1. The maximum absolute atomic E-state index is 13.1. The summed E-state index contributed by atoms with van der Waals surface area (Å²) >= 11 is 0. The van der Waals surface area contributed by atoms with Gasteiger partial charge in [0, 0.05) is 5.56 Å². The van der Waals surface area contributed by atoms with Crippen molar-refractivity contribution in [3.63, 3.8) is 0 Å². The van der Waals surface area contributed by atoms with Gasteiger partial charge in [-0.1, -0.05) is 72.8 Å². The predicted molar refractivity (Wildman–Crippen MR) is 129 cm³/mol. The van der Waals surface area contributed by atoms with Crippen LogP contribution in [0, 0.1) is 0 Å². The topological polar surface area (TPSA) is 46.2 Å². The third kappa shape index (κ3) is 4.05. The van der Waals surface area contributed by atoms with Crippen LogP contribution in [0.15, 0.2) is 121 Å². The summed E-state index contributed by atoms with van der Waals surface area (Å²) in [4.78, 5) is 25.8. The van der Waals surface area contributed by atoms with E-state index in [1.807, 2.05) is 72.8 Å². The van der Waals surface area contributed by atoms with E-state index in [2.05, 4.69) is 41.7 Å². The van der Waals surface area contributed by atoms with Gasteiger partial charge in [-0.05, 0) is 48.5 Å². The Morgan fingerprint density at radius 1 is 0.613 bits per heavy atom. The van der Waals surface area contributed by atoms with Gasteiger partial charge in [-0.2, -0.15) is 0 Å². The Morgan fingerprint density at radius 3 is 1.32 bits per heavy atom. The molecule has 4 heteroatoms. The van der Waals surface area contributed by atoms with E-state index in [-0.39, 0.29) is 5.91 Å². The Bertz CT molecular complexity index is 1040. The van der Waals surface area contributed by atoms with Gasteiger partial charge < -0.3 is 5.32 Å². The molecule has 4 rings (SSSR count). The third-order valence-electron chi connectivity index (χ3n) is 5.35. The van der Waals surface area contributed by atoms with E-state index in [0.29, 0.717) is 5.56 Å². The fourth-order valence-corrected chi connectivity index (χ4v) is 8.23. The Kier molecular flexibility index (Phi) is 6.35. The normalized spacial score (nSPS) is 12.0. The van der Waals surface area contributed by atoms with E-state index >= 15 is 0 Å². The highest BCUT2D eigenvalue weighted by Crippen LogP contribution is 2.58. The molecule has 0 heterocycles. The highest BCUT2D eigenvalue weighted by atomic mass is 31.2. The number of benzene rings is 4. The zero-order chi connectivity index (χ0) is 21.5. The second-order valence-corrected chi connectivity index (χ2v) is 10.7. The van der Waals surface area contributed by atoms with Gasteiger partial charge >= 0.3 is 0 Å². The molecule has 1 amide bonds. The summed E-state index contributed by atoms with van der Waals surface area (Å²) < 4.78 is 0. The minimum absolute atomic E-state index is 0.259. The molecular formula is C27H23NO2P+. The second-order valence-electron chi connectivity index (χ2n) is 7.15. The maximum Gasteiger partial charge on any atom is 0.254 e. The summed E-state index contributed by atoms with van der Waals surface area (Å²) in [5.41, 5.74) is 0.529. The lowest BCUT2D eigenvalue weighted by Crippen LogP contribution is -2.48. The van der Waals surface area contributed by atoms with Crippen molar-refractivity contribution in [2.45, 2.75) is 5.78 Å². The molecule has 0 aliphatic heterocycles. The molecule has 0 bridgehead atoms. The molecule has 0 saturated carbocycles. The van der Waals surface area contributed by atoms with E-state index in [9.17, 15) is 9.59 Å². The van der Waals surface area contributed by atoms with Crippen LogP contribution >= 0.6 is 7.26 Å². The SMILES string of the molecule is O=C[C@@H](NC(=O)c1ccccc1)[P+](c1ccccc1)(c1ccccc1)c1ccccc1. The van der Waals surface area contributed by atoms with Crippen molar-refractivity contribution in [2.24, 2.45) is 0 Å². The van der Waals surface area contributed by atoms with Gasteiger partial charge in [0.1, 0.15) is 23.2 Å². The van der Waals surface area contributed by atoms with Gasteiger partial charge in [0.2, 0.25) is 5.78 Å². The molecule has 0 aliphatic carbocycles. The summed E-state index contributed by atoms with van der Waals surface area (Å²) in [6, 6.07) is 39.1. The average Bonchev–Trinajstić information content (AvgIpc) is 2.86. The number of rotatable bonds is 7. The Morgan fingerprint density at radius 2 is 0.968 bits per heavy atom. The smallest absolute Gasteiger partial charge is 0.254 e. The van der Waals surface area contributed by atoms with Gasteiger partial charge in [0.05, 0.1) is 0 Å². The highest BCUT2D eigenvalue weighted by molar-refractivity contribution is 7.96. The first-order valence-electron chi connectivity index (χ1n) is 10.1. The van der Waals surface area contributed by atoms with E-state index in [0.717, 1.165) is 22.2 Å². The van der Waals surface area contributed by atoms with Crippen molar-refractivity contribution in [3.05, 3.63) is 127 Å². The number of aldehydes is 1. The molecule has 4 aromatic carbocycles. The van der Waals surface area contributed by atoms with E-state index in [1.165, 1.54) is 0 Å². The first kappa shape index (κ1) is 20.7. The van der Waals surface area contributed by atoms with Gasteiger partial charge in [-0.25, -0.2) is 0 Å². The van der Waals surface area contributed by atoms with Crippen LogP contribution in [-0.2, 0) is 4.79 Å². The van der Waals surface area contributed by atoms with Crippen LogP contribution in [0.25, 0.3) is 0 Å². The number of carbonyl (C=O) groups excluding carboxylic acids is 2. The minimum Gasteiger partial charge on any atom is -0.310 e. The summed E-state index contributed by atoms with van der Waals surface area (Å²) in [5.74, 6) is -0.975. The molecule has 3 nitrogen and oxygen atoms in total. The lowest BCUT2D eigenvalue weighted by atomic mass is 10.2. The molecule has 0 radical (unpaired) electrons. The van der Waals surface area contributed by atoms with Crippen molar-refractivity contribution in [3.8, 4) is 0 Å². The third-order valence-corrected chi connectivity index (χ3v) is 9.77. The molecule has 0 unspecified atom stereocenters. The molecule has 0 spiro atoms. The standard InChI is InChI=1S/C27H22NO2P/c29-21-26(28-27(30)22-13-5-1-6-14-22)31(23-15-7-2-8-16-23,24-17-9-3-10-18-24)25-19-11-4-12-20-25/h1-21,26H/p+1/t26-/m0/s1. The number of hydrogen-bond donors (Lipinski definition) is 1. The van der Waals surface area contributed by atoms with Gasteiger partial charge in [-0.15, -0.1) is 0 Å². The Balaban J connectivity index is 1.94. The first-order chi connectivity index (χ1) is 15.3. The average molecular weight is 424 g/mol. The van der Waals surface area contributed by atoms with E-state index in [4.69, 9.17) is 0 Å². The predicted octanol–water partition coefficient (Wildman–Crippen LogP) is 3.94. The molecule has 0 saturated heterocycles. The fraction of sp³-hybridized carbons (Fsp3) is 0.0370. The highest BCUT2D eigenvalue weighted by Gasteiger charge is 2.53. The summed E-state index contributed by atoms with van der Waals surface area (Å²) in [6.07, 6.45) is 0.890. The lowest BCUT2D eigenvalue weighted by Gasteiger charge is -2.32. The monoisotopic (exact) mass is 424 g/mol. The van der Waals surface area contributed by atoms with Gasteiger partial charge in [0.25, 0.3) is 5.91 Å². The van der Waals surface area contributed by atoms with Crippen LogP contribution in [0.4, 0.5) is 0 Å². The molecule has 0 aliphatic rings. The number of nitrogens with one attached hydrogen (secondary N) is 1. The largest absolute Gasteiger partial charge is 0.310 e. The van der Waals surface area contributed by atoms with Gasteiger partial charge in [-0.3, -0.25) is 9.59 Å². The van der Waals surface area contributed by atoms with Crippen molar-refractivity contribution in [1.82, 2.24) is 5.32 Å². The van der Waals surface area contributed by atoms with Crippen molar-refractivity contribution in [1.29, 1.82) is 0 Å². The molecule has 152 valence electrons. The first-order valence-corrected chi connectivity index (χ1v) is 12.0. The van der Waals surface area contributed by atoms with Gasteiger partial charge in [0.15, 0.2) is 6.29 Å². The fourth-order valence-electron chi connectivity index (χ4n) is 3.95. The summed E-state index contributed by atoms with van der Waals surface area (Å²) in [6.45, 7) is 0. The van der Waals surface area contributed by atoms with Crippen LogP contribution in [0.1, 0.15) is 10.4 Å². The Labute approximate surface area is 183 Å². The molecule has 4 aromatic rings. The van der Waals surface area contributed by atoms with Crippen LogP contribution in [0.5, 0.6) is 0 Å². The minimum atomic E-state index is -2.54. The number of hydrogen-bond acceptors (Lipinski definition) is 2. The van der Waals surface area contributed by atoms with Crippen LogP contribution in [0.2, 0.25) is 0 Å². The second kappa shape index (κ2) is 9.51. The molecule has 31 heavy (non-hydrogen) atoms. The van der Waals surface area contributed by atoms with Crippen LogP contribution < -0.4 is 21.2 Å². The van der Waals surface area contributed by atoms with Crippen LogP contribution in [-0.4, -0.2) is 18.0 Å². The quantitative estimate of drug-likeness (QED) is 0.361. The number of amides is 1. The molecule has 0 aromatic heterocycles. The van der Waals surface area contributed by atoms with Crippen molar-refractivity contribution in [2.75, 3.05) is 0 Å². The summed E-state index contributed by atoms with van der Waals surface area (Å²) in [7, 11) is -2.54. The van der Waals surface area contributed by atoms with E-state index < -0.39 is 13.0 Å². The van der Waals surface area contributed by atoms with Crippen molar-refractivity contribution < 1.29 is 9.59 Å². The Hall–Kier alpha value is -3.55. The lowest BCUT2D eigenvalue weighted by molar-refractivity contribution is -0.107. The molecule has 0 fully saturated rings. The van der Waals surface area contributed by atoms with Crippen molar-refractivity contribution >= 4 is 35.4 Å². The van der Waals surface area contributed by atoms with Crippen LogP contribution in [0.3, 0.4) is 0 Å². The molecular weight excluding hydrogens is 401 g/mol. The number of carbonyl (C=O) groups is 2. The zero-order valence-electron chi connectivity index (χ0n) is 17.0. The molecule has 1 N–H and O–H groups in total. The van der Waals surface area contributed by atoms with E-state index in [1.54, 1.807) is 12.1 Å². The molecule has 1 atom stereocenters.